The summed E-state index contributed by atoms with van der Waals surface area (Å²) in [7, 11) is 0. The lowest BCUT2D eigenvalue weighted by molar-refractivity contribution is -0.122. The van der Waals surface area contributed by atoms with Crippen LogP contribution in [-0.2, 0) is 29.3 Å². The van der Waals surface area contributed by atoms with Gasteiger partial charge in [-0.25, -0.2) is 4.98 Å². The molecule has 0 atom stereocenters. The van der Waals surface area contributed by atoms with Crippen molar-refractivity contribution in [2.75, 3.05) is 11.1 Å². The number of hydrogen-bond acceptors (Lipinski definition) is 5. The topological polar surface area (TPSA) is 96.2 Å². The molecule has 7 nitrogen and oxygen atoms in total. The first-order chi connectivity index (χ1) is 15.0. The molecule has 0 fully saturated rings. The number of imidazole rings is 1. The Morgan fingerprint density at radius 2 is 1.94 bits per heavy atom. The zero-order chi connectivity index (χ0) is 22.2. The summed E-state index contributed by atoms with van der Waals surface area (Å²) in [6.07, 6.45) is 1.50. The maximum atomic E-state index is 12.4. The smallest absolute Gasteiger partial charge is 0.240 e. The number of hydrogen-bond donors (Lipinski definition) is 3. The number of carbonyl (C=O) groups is 2. The van der Waals surface area contributed by atoms with Crippen LogP contribution < -0.4 is 10.6 Å². The fraction of sp³-hybridized carbons (Fsp3) is 0.227. The Morgan fingerprint density at radius 1 is 1.16 bits per heavy atom. The number of aliphatic hydroxyl groups excluding tert-OH is 1. The first-order valence-electron chi connectivity index (χ1n) is 9.61. The van der Waals surface area contributed by atoms with E-state index in [1.54, 1.807) is 16.7 Å². The van der Waals surface area contributed by atoms with Crippen LogP contribution in [0.15, 0.2) is 59.9 Å². The van der Waals surface area contributed by atoms with Crippen LogP contribution in [0.1, 0.15) is 16.8 Å². The molecule has 0 radical (unpaired) electrons. The van der Waals surface area contributed by atoms with Crippen molar-refractivity contribution in [3.63, 3.8) is 0 Å². The number of anilines is 1. The Hall–Kier alpha value is -2.81. The third-order valence-corrected chi connectivity index (χ3v) is 5.88. The van der Waals surface area contributed by atoms with Crippen LogP contribution in [0, 0.1) is 6.92 Å². The van der Waals surface area contributed by atoms with Crippen molar-refractivity contribution >= 4 is 40.9 Å². The molecule has 0 aliphatic carbocycles. The second-order valence-corrected chi connectivity index (χ2v) is 8.19. The predicted octanol–water partition coefficient (Wildman–Crippen LogP) is 3.38. The number of aromatic nitrogens is 2. The van der Waals surface area contributed by atoms with E-state index in [1.807, 2.05) is 43.3 Å². The molecule has 2 amide bonds. The highest BCUT2D eigenvalue weighted by Gasteiger charge is 2.15. The number of thioether (sulfide) groups is 1. The summed E-state index contributed by atoms with van der Waals surface area (Å²) in [5, 5.41) is 16.3. The van der Waals surface area contributed by atoms with Crippen LogP contribution >= 0.6 is 23.4 Å². The highest BCUT2D eigenvalue weighted by atomic mass is 35.5. The van der Waals surface area contributed by atoms with E-state index in [0.717, 1.165) is 11.1 Å². The first-order valence-corrected chi connectivity index (χ1v) is 11.0. The zero-order valence-corrected chi connectivity index (χ0v) is 18.5. The molecule has 9 heteroatoms. The van der Waals surface area contributed by atoms with Gasteiger partial charge < -0.3 is 20.3 Å². The zero-order valence-electron chi connectivity index (χ0n) is 17.0. The molecule has 0 saturated heterocycles. The second-order valence-electron chi connectivity index (χ2n) is 6.84. The maximum absolute atomic E-state index is 12.4. The van der Waals surface area contributed by atoms with Crippen LogP contribution in [0.25, 0.3) is 0 Å². The van der Waals surface area contributed by atoms with E-state index in [9.17, 15) is 14.7 Å². The van der Waals surface area contributed by atoms with Crippen molar-refractivity contribution in [1.29, 1.82) is 0 Å². The number of carbonyl (C=O) groups excluding carboxylic acids is 2. The number of amides is 2. The fourth-order valence-corrected chi connectivity index (χ4v) is 3.77. The summed E-state index contributed by atoms with van der Waals surface area (Å²) in [5.74, 6) is -0.338. The van der Waals surface area contributed by atoms with Gasteiger partial charge in [0.2, 0.25) is 11.8 Å². The van der Waals surface area contributed by atoms with Gasteiger partial charge in [-0.3, -0.25) is 9.59 Å². The summed E-state index contributed by atoms with van der Waals surface area (Å²) >= 11 is 7.28. The summed E-state index contributed by atoms with van der Waals surface area (Å²) < 4.78 is 1.61. The van der Waals surface area contributed by atoms with Gasteiger partial charge in [0.05, 0.1) is 24.3 Å². The number of nitrogens with one attached hydrogen (secondary N) is 2. The van der Waals surface area contributed by atoms with Gasteiger partial charge in [0.25, 0.3) is 0 Å². The lowest BCUT2D eigenvalue weighted by Crippen LogP contribution is -2.28. The number of aryl methyl sites for hydroxylation is 1. The number of nitrogens with zero attached hydrogens (tertiary/aromatic N) is 2. The number of benzene rings is 2. The molecule has 1 heterocycles. The highest BCUT2D eigenvalue weighted by molar-refractivity contribution is 7.99. The third-order valence-electron chi connectivity index (χ3n) is 4.49. The van der Waals surface area contributed by atoms with Crippen LogP contribution in [0.3, 0.4) is 0 Å². The monoisotopic (exact) mass is 458 g/mol. The van der Waals surface area contributed by atoms with E-state index in [-0.39, 0.29) is 30.7 Å². The summed E-state index contributed by atoms with van der Waals surface area (Å²) in [4.78, 5) is 29.0. The minimum Gasteiger partial charge on any atom is -0.390 e. The van der Waals surface area contributed by atoms with Crippen LogP contribution in [0.5, 0.6) is 0 Å². The van der Waals surface area contributed by atoms with E-state index < -0.39 is 0 Å². The van der Waals surface area contributed by atoms with Crippen molar-refractivity contribution in [1.82, 2.24) is 14.9 Å². The van der Waals surface area contributed by atoms with Crippen molar-refractivity contribution in [3.8, 4) is 0 Å². The Kier molecular flexibility index (Phi) is 8.11. The predicted molar refractivity (Wildman–Crippen MR) is 122 cm³/mol. The maximum Gasteiger partial charge on any atom is 0.240 e. The average molecular weight is 459 g/mol. The molecule has 31 heavy (non-hydrogen) atoms. The van der Waals surface area contributed by atoms with E-state index in [2.05, 4.69) is 15.6 Å². The molecule has 0 saturated carbocycles. The molecule has 0 aliphatic rings. The number of halogens is 1. The van der Waals surface area contributed by atoms with Crippen molar-refractivity contribution in [2.24, 2.45) is 0 Å². The number of rotatable bonds is 9. The minimum absolute atomic E-state index is 0.000247. The van der Waals surface area contributed by atoms with Gasteiger partial charge in [0, 0.05) is 17.3 Å². The Bertz CT molecular complexity index is 1060. The molecule has 0 aliphatic heterocycles. The van der Waals surface area contributed by atoms with Crippen LogP contribution in [0.2, 0.25) is 5.02 Å². The van der Waals surface area contributed by atoms with Crippen molar-refractivity contribution < 1.29 is 14.7 Å². The van der Waals surface area contributed by atoms with E-state index in [4.69, 9.17) is 11.6 Å². The molecular formula is C22H23ClN4O3S. The largest absolute Gasteiger partial charge is 0.390 e. The van der Waals surface area contributed by atoms with Gasteiger partial charge >= 0.3 is 0 Å². The second kappa shape index (κ2) is 11.0. The summed E-state index contributed by atoms with van der Waals surface area (Å²) in [6, 6.07) is 14.9. The molecule has 0 unspecified atom stereocenters. The molecule has 0 spiro atoms. The van der Waals surface area contributed by atoms with E-state index in [0.29, 0.717) is 28.1 Å². The Labute approximate surface area is 189 Å². The van der Waals surface area contributed by atoms with Gasteiger partial charge in [-0.1, -0.05) is 59.8 Å². The van der Waals surface area contributed by atoms with Gasteiger partial charge in [0.1, 0.15) is 6.54 Å². The lowest BCUT2D eigenvalue weighted by atomic mass is 10.2. The van der Waals surface area contributed by atoms with Crippen molar-refractivity contribution in [3.05, 3.63) is 76.6 Å². The molecule has 2 aromatic carbocycles. The van der Waals surface area contributed by atoms with Crippen LogP contribution in [0.4, 0.5) is 5.69 Å². The third kappa shape index (κ3) is 6.58. The Morgan fingerprint density at radius 3 is 2.65 bits per heavy atom. The van der Waals surface area contributed by atoms with Crippen LogP contribution in [-0.4, -0.2) is 32.2 Å². The van der Waals surface area contributed by atoms with Gasteiger partial charge in [0.15, 0.2) is 5.16 Å². The molecule has 3 rings (SSSR count). The highest BCUT2D eigenvalue weighted by Crippen LogP contribution is 2.22. The van der Waals surface area contributed by atoms with Gasteiger partial charge in [-0.05, 0) is 30.2 Å². The van der Waals surface area contributed by atoms with E-state index in [1.165, 1.54) is 18.0 Å². The molecule has 3 aromatic rings. The average Bonchev–Trinajstić information content (AvgIpc) is 3.15. The number of aliphatic hydroxyl groups is 1. The SMILES string of the molecule is Cc1ccc(NC(=O)CSc2ncc(CO)n2CC(=O)NCc2ccccc2)cc1Cl. The Balaban J connectivity index is 1.57. The summed E-state index contributed by atoms with van der Waals surface area (Å²) in [5.41, 5.74) is 3.04. The molecule has 3 N–H and O–H groups in total. The normalized spacial score (nSPS) is 10.7. The lowest BCUT2D eigenvalue weighted by Gasteiger charge is -2.11. The van der Waals surface area contributed by atoms with E-state index >= 15 is 0 Å². The summed E-state index contributed by atoms with van der Waals surface area (Å²) in [6.45, 7) is 2.04. The molecule has 162 valence electrons. The fourth-order valence-electron chi connectivity index (χ4n) is 2.80. The first kappa shape index (κ1) is 22.9. The minimum atomic E-state index is -0.256. The van der Waals surface area contributed by atoms with Gasteiger partial charge in [-0.15, -0.1) is 0 Å². The molecule has 0 bridgehead atoms. The molecule has 1 aromatic heterocycles. The van der Waals surface area contributed by atoms with Gasteiger partial charge in [-0.2, -0.15) is 0 Å². The molecular weight excluding hydrogens is 436 g/mol. The van der Waals surface area contributed by atoms with Crippen molar-refractivity contribution in [2.45, 2.75) is 31.8 Å². The standard InChI is InChI=1S/C22H23ClN4O3S/c1-15-7-8-17(9-19(15)23)26-21(30)14-31-22-25-11-18(13-28)27(22)12-20(29)24-10-16-5-3-2-4-6-16/h2-9,11,28H,10,12-14H2,1H3,(H,24,29)(H,26,30). The quantitative estimate of drug-likeness (QED) is 0.427.